The number of aromatic nitrogens is 3. The van der Waals surface area contributed by atoms with Crippen LogP contribution in [0.15, 0.2) is 30.7 Å². The number of rotatable bonds is 4. The Labute approximate surface area is 143 Å². The summed E-state index contributed by atoms with van der Waals surface area (Å²) in [6, 6.07) is 4.30. The molecule has 0 aliphatic carbocycles. The largest absolute Gasteiger partial charge is 0.341 e. The Morgan fingerprint density at radius 1 is 1.33 bits per heavy atom. The first-order valence-corrected chi connectivity index (χ1v) is 8.70. The Balaban J connectivity index is 1.84. The summed E-state index contributed by atoms with van der Waals surface area (Å²) in [5.74, 6) is 1.14. The molecule has 6 heteroatoms. The predicted molar refractivity (Wildman–Crippen MR) is 93.9 cm³/mol. The summed E-state index contributed by atoms with van der Waals surface area (Å²) in [5, 5.41) is 0. The fraction of sp³-hybridized carbons (Fsp3) is 0.556. The molecule has 1 aliphatic heterocycles. The molecule has 3 rings (SSSR count). The van der Waals surface area contributed by atoms with Gasteiger partial charge in [-0.3, -0.25) is 9.69 Å². The van der Waals surface area contributed by atoms with Crippen molar-refractivity contribution in [1.82, 2.24) is 23.9 Å². The summed E-state index contributed by atoms with van der Waals surface area (Å²) in [7, 11) is 2.01. The molecule has 3 heterocycles. The standard InChI is InChI=1S/C18H27N5O/c1-5-21-11-12-22(13-16(21)17-19-8-10-20(17)4)18(24)15-7-6-9-23(15)14(2)3/h6-10,14,16H,5,11-13H2,1-4H3/t16-/m1/s1. The summed E-state index contributed by atoms with van der Waals surface area (Å²) < 4.78 is 4.10. The number of likely N-dealkylation sites (N-methyl/N-ethyl adjacent to an activating group) is 1. The summed E-state index contributed by atoms with van der Waals surface area (Å²) in [4.78, 5) is 21.9. The third-order valence-electron chi connectivity index (χ3n) is 4.90. The lowest BCUT2D eigenvalue weighted by Crippen LogP contribution is -2.51. The fourth-order valence-corrected chi connectivity index (χ4v) is 3.51. The van der Waals surface area contributed by atoms with Crippen LogP contribution in [0.25, 0.3) is 0 Å². The van der Waals surface area contributed by atoms with Crippen molar-refractivity contribution in [3.05, 3.63) is 42.2 Å². The number of aryl methyl sites for hydroxylation is 1. The molecule has 1 saturated heterocycles. The first-order valence-electron chi connectivity index (χ1n) is 8.70. The van der Waals surface area contributed by atoms with E-state index < -0.39 is 0 Å². The normalized spacial score (nSPS) is 19.2. The van der Waals surface area contributed by atoms with E-state index in [-0.39, 0.29) is 18.0 Å². The van der Waals surface area contributed by atoms with Gasteiger partial charge < -0.3 is 14.0 Å². The zero-order valence-electron chi connectivity index (χ0n) is 15.0. The Kier molecular flexibility index (Phi) is 4.76. The minimum Gasteiger partial charge on any atom is -0.341 e. The molecule has 24 heavy (non-hydrogen) atoms. The van der Waals surface area contributed by atoms with Crippen molar-refractivity contribution in [3.8, 4) is 0 Å². The lowest BCUT2D eigenvalue weighted by Gasteiger charge is -2.40. The number of amides is 1. The van der Waals surface area contributed by atoms with E-state index >= 15 is 0 Å². The van der Waals surface area contributed by atoms with Gasteiger partial charge in [0, 0.05) is 51.3 Å². The number of hydrogen-bond acceptors (Lipinski definition) is 3. The van der Waals surface area contributed by atoms with Gasteiger partial charge in [-0.05, 0) is 32.5 Å². The average molecular weight is 329 g/mol. The van der Waals surface area contributed by atoms with Crippen LogP contribution in [0.3, 0.4) is 0 Å². The van der Waals surface area contributed by atoms with Crippen molar-refractivity contribution in [2.75, 3.05) is 26.2 Å². The van der Waals surface area contributed by atoms with E-state index in [1.54, 1.807) is 0 Å². The molecule has 1 amide bonds. The van der Waals surface area contributed by atoms with Crippen LogP contribution in [0.4, 0.5) is 0 Å². The minimum atomic E-state index is 0.115. The number of hydrogen-bond donors (Lipinski definition) is 0. The molecule has 2 aromatic heterocycles. The van der Waals surface area contributed by atoms with Gasteiger partial charge in [0.25, 0.3) is 5.91 Å². The number of nitrogens with zero attached hydrogens (tertiary/aromatic N) is 5. The predicted octanol–water partition coefficient (Wildman–Crippen LogP) is 2.32. The Bertz CT molecular complexity index is 702. The van der Waals surface area contributed by atoms with Crippen molar-refractivity contribution in [3.63, 3.8) is 0 Å². The molecule has 6 nitrogen and oxygen atoms in total. The number of carbonyl (C=O) groups is 1. The highest BCUT2D eigenvalue weighted by molar-refractivity contribution is 5.93. The first kappa shape index (κ1) is 16.8. The van der Waals surface area contributed by atoms with Crippen LogP contribution < -0.4 is 0 Å². The number of imidazole rings is 1. The lowest BCUT2D eigenvalue weighted by molar-refractivity contribution is 0.0462. The molecule has 0 unspecified atom stereocenters. The monoisotopic (exact) mass is 329 g/mol. The van der Waals surface area contributed by atoms with Gasteiger partial charge in [0.2, 0.25) is 0 Å². The highest BCUT2D eigenvalue weighted by atomic mass is 16.2. The molecule has 0 bridgehead atoms. The van der Waals surface area contributed by atoms with Gasteiger partial charge in [-0.2, -0.15) is 0 Å². The van der Waals surface area contributed by atoms with Crippen molar-refractivity contribution >= 4 is 5.91 Å². The van der Waals surface area contributed by atoms with E-state index in [0.29, 0.717) is 6.54 Å². The van der Waals surface area contributed by atoms with Crippen molar-refractivity contribution in [2.24, 2.45) is 7.05 Å². The average Bonchev–Trinajstić information content (AvgIpc) is 3.22. The Morgan fingerprint density at radius 3 is 2.75 bits per heavy atom. The summed E-state index contributed by atoms with van der Waals surface area (Å²) >= 11 is 0. The molecule has 0 aromatic carbocycles. The van der Waals surface area contributed by atoms with Gasteiger partial charge in [0.1, 0.15) is 11.5 Å². The van der Waals surface area contributed by atoms with Crippen molar-refractivity contribution in [2.45, 2.75) is 32.9 Å². The summed E-state index contributed by atoms with van der Waals surface area (Å²) in [6.45, 7) is 9.64. The maximum Gasteiger partial charge on any atom is 0.270 e. The van der Waals surface area contributed by atoms with E-state index in [1.165, 1.54) is 0 Å². The highest BCUT2D eigenvalue weighted by Crippen LogP contribution is 2.25. The third-order valence-corrected chi connectivity index (χ3v) is 4.90. The second kappa shape index (κ2) is 6.81. The van der Waals surface area contributed by atoms with E-state index in [2.05, 4.69) is 35.2 Å². The smallest absolute Gasteiger partial charge is 0.270 e. The molecule has 0 spiro atoms. The third kappa shape index (κ3) is 2.98. The first-order chi connectivity index (χ1) is 11.5. The lowest BCUT2D eigenvalue weighted by atomic mass is 10.1. The van der Waals surface area contributed by atoms with Crippen LogP contribution in [0, 0.1) is 0 Å². The van der Waals surface area contributed by atoms with Crippen molar-refractivity contribution in [1.29, 1.82) is 0 Å². The summed E-state index contributed by atoms with van der Waals surface area (Å²) in [5.41, 5.74) is 0.772. The zero-order chi connectivity index (χ0) is 17.3. The number of piperazine rings is 1. The molecule has 1 atom stereocenters. The van der Waals surface area contributed by atoms with Gasteiger partial charge in [-0.15, -0.1) is 0 Å². The summed E-state index contributed by atoms with van der Waals surface area (Å²) in [6.07, 6.45) is 5.78. The molecule has 0 radical (unpaired) electrons. The molecule has 130 valence electrons. The molecular formula is C18H27N5O. The highest BCUT2D eigenvalue weighted by Gasteiger charge is 2.33. The van der Waals surface area contributed by atoms with Gasteiger partial charge in [-0.25, -0.2) is 4.98 Å². The van der Waals surface area contributed by atoms with E-state index in [0.717, 1.165) is 31.2 Å². The van der Waals surface area contributed by atoms with Gasteiger partial charge in [0.05, 0.1) is 6.04 Å². The van der Waals surface area contributed by atoms with Crippen LogP contribution in [0.1, 0.15) is 49.2 Å². The van der Waals surface area contributed by atoms with Gasteiger partial charge >= 0.3 is 0 Å². The molecule has 1 fully saturated rings. The van der Waals surface area contributed by atoms with Crippen LogP contribution in [0.2, 0.25) is 0 Å². The molecular weight excluding hydrogens is 302 g/mol. The van der Waals surface area contributed by atoms with Gasteiger partial charge in [0.15, 0.2) is 0 Å². The molecule has 0 N–H and O–H groups in total. The molecule has 0 saturated carbocycles. The second-order valence-corrected chi connectivity index (χ2v) is 6.69. The Morgan fingerprint density at radius 2 is 2.12 bits per heavy atom. The zero-order valence-corrected chi connectivity index (χ0v) is 15.0. The van der Waals surface area contributed by atoms with Crippen molar-refractivity contribution < 1.29 is 4.79 Å². The fourth-order valence-electron chi connectivity index (χ4n) is 3.51. The van der Waals surface area contributed by atoms with Crippen LogP contribution in [-0.4, -0.2) is 56.0 Å². The van der Waals surface area contributed by atoms with E-state index in [9.17, 15) is 4.79 Å². The van der Waals surface area contributed by atoms with Crippen LogP contribution in [-0.2, 0) is 7.05 Å². The maximum atomic E-state index is 13.0. The molecule has 2 aromatic rings. The van der Waals surface area contributed by atoms with E-state index in [1.807, 2.05) is 47.2 Å². The van der Waals surface area contributed by atoms with Crippen LogP contribution in [0.5, 0.6) is 0 Å². The number of carbonyl (C=O) groups excluding carboxylic acids is 1. The van der Waals surface area contributed by atoms with Crippen LogP contribution >= 0.6 is 0 Å². The quantitative estimate of drug-likeness (QED) is 0.865. The Hall–Kier alpha value is -2.08. The van der Waals surface area contributed by atoms with Gasteiger partial charge in [-0.1, -0.05) is 6.92 Å². The SMILES string of the molecule is CCN1CCN(C(=O)c2cccn2C(C)C)C[C@@H]1c1nccn1C. The topological polar surface area (TPSA) is 46.3 Å². The van der Waals surface area contributed by atoms with E-state index in [4.69, 9.17) is 0 Å². The minimum absolute atomic E-state index is 0.115. The maximum absolute atomic E-state index is 13.0. The molecule has 1 aliphatic rings. The second-order valence-electron chi connectivity index (χ2n) is 6.69.